The van der Waals surface area contributed by atoms with Gasteiger partial charge in [-0.3, -0.25) is 4.90 Å². The van der Waals surface area contributed by atoms with E-state index >= 15 is 4.39 Å². The quantitative estimate of drug-likeness (QED) is 0.179. The first-order valence-electron chi connectivity index (χ1n) is 18.2. The molecule has 262 valence electrons. The van der Waals surface area contributed by atoms with E-state index in [-0.39, 0.29) is 5.82 Å². The molecule has 0 N–H and O–H groups in total. The molecule has 5 aromatic carbocycles. The van der Waals surface area contributed by atoms with Crippen molar-refractivity contribution in [1.29, 1.82) is 0 Å². The van der Waals surface area contributed by atoms with Crippen molar-refractivity contribution in [3.05, 3.63) is 159 Å². The van der Waals surface area contributed by atoms with Gasteiger partial charge in [-0.15, -0.1) is 0 Å². The molecule has 0 fully saturated rings. The van der Waals surface area contributed by atoms with Crippen LogP contribution in [0, 0.1) is 61.2 Å². The number of pyridine rings is 1. The van der Waals surface area contributed by atoms with Crippen LogP contribution in [-0.4, -0.2) is 19.9 Å². The van der Waals surface area contributed by atoms with E-state index in [0.717, 1.165) is 28.9 Å². The molecule has 7 aromatic rings. The summed E-state index contributed by atoms with van der Waals surface area (Å²) >= 11 is 0. The van der Waals surface area contributed by atoms with E-state index in [1.807, 2.05) is 85.1 Å². The standard InChI is InChI=1S/C47H42FN5/c1-26-28(3)32(7)42-38(30(26)5)25-39-31(6)27(2)29(4)33(8)43(39)53(42)47-37(20-15-23-49-47)40-24-36(21-22-41(40)48)46-51-44(34-16-11-9-12-17-34)50-45(52-46)35-18-13-10-14-19-35/h9-24H,25H2,1-8H3. The number of rotatable bonds is 5. The molecule has 0 amide bonds. The molecule has 3 heterocycles. The zero-order chi connectivity index (χ0) is 37.1. The molecule has 0 unspecified atom stereocenters. The molecular formula is C47H42FN5. The molecule has 8 rings (SSSR count). The van der Waals surface area contributed by atoms with E-state index in [1.165, 1.54) is 61.7 Å². The highest BCUT2D eigenvalue weighted by molar-refractivity contribution is 5.94. The molecule has 0 bridgehead atoms. The first kappa shape index (κ1) is 34.1. The van der Waals surface area contributed by atoms with Crippen molar-refractivity contribution in [2.24, 2.45) is 0 Å². The molecule has 1 aliphatic rings. The fraction of sp³-hybridized carbons (Fsp3) is 0.191. The molecule has 53 heavy (non-hydrogen) atoms. The van der Waals surface area contributed by atoms with Crippen LogP contribution in [0.25, 0.3) is 45.3 Å². The summed E-state index contributed by atoms with van der Waals surface area (Å²) in [5.41, 5.74) is 18.6. The second-order valence-electron chi connectivity index (χ2n) is 14.3. The molecule has 0 radical (unpaired) electrons. The van der Waals surface area contributed by atoms with E-state index in [4.69, 9.17) is 19.9 Å². The van der Waals surface area contributed by atoms with E-state index < -0.39 is 0 Å². The van der Waals surface area contributed by atoms with Crippen molar-refractivity contribution in [3.8, 4) is 45.3 Å². The predicted octanol–water partition coefficient (Wildman–Crippen LogP) is 11.9. The Balaban J connectivity index is 1.37. The average Bonchev–Trinajstić information content (AvgIpc) is 3.20. The van der Waals surface area contributed by atoms with Crippen molar-refractivity contribution in [2.45, 2.75) is 61.8 Å². The van der Waals surface area contributed by atoms with Crippen molar-refractivity contribution < 1.29 is 4.39 Å². The van der Waals surface area contributed by atoms with E-state index in [2.05, 4.69) is 60.3 Å². The van der Waals surface area contributed by atoms with Crippen LogP contribution in [0.2, 0.25) is 0 Å². The van der Waals surface area contributed by atoms with Gasteiger partial charge in [-0.1, -0.05) is 60.7 Å². The van der Waals surface area contributed by atoms with Crippen molar-refractivity contribution in [2.75, 3.05) is 4.90 Å². The van der Waals surface area contributed by atoms with Crippen LogP contribution in [0.1, 0.15) is 55.6 Å². The maximum absolute atomic E-state index is 16.4. The third-order valence-corrected chi connectivity index (χ3v) is 11.6. The van der Waals surface area contributed by atoms with Gasteiger partial charge in [-0.25, -0.2) is 24.3 Å². The number of fused-ring (bicyclic) bond motifs is 2. The van der Waals surface area contributed by atoms with Gasteiger partial charge in [0.1, 0.15) is 11.6 Å². The Labute approximate surface area is 311 Å². The molecule has 0 aliphatic carbocycles. The van der Waals surface area contributed by atoms with Gasteiger partial charge in [-0.05, 0) is 141 Å². The second kappa shape index (κ2) is 13.2. The molecule has 1 aliphatic heterocycles. The number of halogens is 1. The number of nitrogens with zero attached hydrogens (tertiary/aromatic N) is 5. The van der Waals surface area contributed by atoms with Crippen molar-refractivity contribution in [1.82, 2.24) is 19.9 Å². The first-order chi connectivity index (χ1) is 25.5. The number of anilines is 3. The maximum atomic E-state index is 16.4. The summed E-state index contributed by atoms with van der Waals surface area (Å²) in [4.78, 5) is 22.2. The fourth-order valence-corrected chi connectivity index (χ4v) is 7.87. The van der Waals surface area contributed by atoms with E-state index in [1.54, 1.807) is 6.07 Å². The SMILES string of the molecule is Cc1c(C)c(C)c2c(c1C)Cc1c(C)c(C)c(C)c(C)c1N2c1ncccc1-c1cc(-c2nc(-c3ccccc3)nc(-c3ccccc3)n2)ccc1F. The second-order valence-corrected chi connectivity index (χ2v) is 14.3. The number of hydrogen-bond acceptors (Lipinski definition) is 5. The Kier molecular flexibility index (Phi) is 8.49. The molecule has 0 atom stereocenters. The zero-order valence-electron chi connectivity index (χ0n) is 31.6. The third-order valence-electron chi connectivity index (χ3n) is 11.6. The normalized spacial score (nSPS) is 12.1. The third kappa shape index (κ3) is 5.61. The van der Waals surface area contributed by atoms with E-state index in [0.29, 0.717) is 40.0 Å². The summed E-state index contributed by atoms with van der Waals surface area (Å²) in [5, 5.41) is 0. The topological polar surface area (TPSA) is 54.8 Å². The summed E-state index contributed by atoms with van der Waals surface area (Å²) < 4.78 is 16.4. The monoisotopic (exact) mass is 695 g/mol. The summed E-state index contributed by atoms with van der Waals surface area (Å²) in [6, 6.07) is 28.7. The minimum absolute atomic E-state index is 0.345. The molecule has 6 heteroatoms. The Morgan fingerprint density at radius 1 is 0.472 bits per heavy atom. The average molecular weight is 696 g/mol. The van der Waals surface area contributed by atoms with Crippen molar-refractivity contribution in [3.63, 3.8) is 0 Å². The smallest absolute Gasteiger partial charge is 0.164 e. The van der Waals surface area contributed by atoms with Crippen LogP contribution in [0.15, 0.2) is 97.2 Å². The summed E-state index contributed by atoms with van der Waals surface area (Å²) in [7, 11) is 0. The lowest BCUT2D eigenvalue weighted by molar-refractivity contribution is 0.631. The fourth-order valence-electron chi connectivity index (χ4n) is 7.87. The van der Waals surface area contributed by atoms with Gasteiger partial charge in [0.15, 0.2) is 17.5 Å². The minimum atomic E-state index is -0.345. The molecule has 0 saturated heterocycles. The largest absolute Gasteiger partial charge is 0.293 e. The molecule has 0 spiro atoms. The van der Waals surface area contributed by atoms with Gasteiger partial charge in [0.25, 0.3) is 0 Å². The van der Waals surface area contributed by atoms with E-state index in [9.17, 15) is 0 Å². The lowest BCUT2D eigenvalue weighted by atomic mass is 9.80. The number of benzene rings is 5. The summed E-state index contributed by atoms with van der Waals surface area (Å²) in [6.45, 7) is 17.7. The highest BCUT2D eigenvalue weighted by Gasteiger charge is 2.34. The molecular weight excluding hydrogens is 654 g/mol. The van der Waals surface area contributed by atoms with Crippen LogP contribution in [0.5, 0.6) is 0 Å². The Hall–Kier alpha value is -6.01. The minimum Gasteiger partial charge on any atom is -0.293 e. The summed E-state index contributed by atoms with van der Waals surface area (Å²) in [5.74, 6) is 1.91. The maximum Gasteiger partial charge on any atom is 0.164 e. The lowest BCUT2D eigenvalue weighted by Crippen LogP contribution is -2.25. The van der Waals surface area contributed by atoms with Gasteiger partial charge >= 0.3 is 0 Å². The van der Waals surface area contributed by atoms with Crippen LogP contribution < -0.4 is 4.90 Å². The van der Waals surface area contributed by atoms with Gasteiger partial charge in [0, 0.05) is 40.4 Å². The Morgan fingerprint density at radius 3 is 1.45 bits per heavy atom. The van der Waals surface area contributed by atoms with Gasteiger partial charge in [-0.2, -0.15) is 0 Å². The molecule has 2 aromatic heterocycles. The van der Waals surface area contributed by atoms with Gasteiger partial charge in [0.2, 0.25) is 0 Å². The zero-order valence-corrected chi connectivity index (χ0v) is 31.6. The number of hydrogen-bond donors (Lipinski definition) is 0. The van der Waals surface area contributed by atoms with Crippen molar-refractivity contribution >= 4 is 17.2 Å². The summed E-state index contributed by atoms with van der Waals surface area (Å²) in [6.07, 6.45) is 2.65. The van der Waals surface area contributed by atoms with Gasteiger partial charge in [0.05, 0.1) is 11.4 Å². The van der Waals surface area contributed by atoms with Crippen LogP contribution in [0.3, 0.4) is 0 Å². The van der Waals surface area contributed by atoms with Gasteiger partial charge < -0.3 is 0 Å². The first-order valence-corrected chi connectivity index (χ1v) is 18.2. The molecule has 5 nitrogen and oxygen atoms in total. The highest BCUT2D eigenvalue weighted by Crippen LogP contribution is 2.52. The predicted molar refractivity (Wildman–Crippen MR) is 215 cm³/mol. The van der Waals surface area contributed by atoms with Crippen LogP contribution >= 0.6 is 0 Å². The van der Waals surface area contributed by atoms with Crippen LogP contribution in [-0.2, 0) is 6.42 Å². The highest BCUT2D eigenvalue weighted by atomic mass is 19.1. The Bertz CT molecular complexity index is 2450. The number of aromatic nitrogens is 4. The lowest BCUT2D eigenvalue weighted by Gasteiger charge is -2.39. The molecule has 0 saturated carbocycles. The Morgan fingerprint density at radius 2 is 0.943 bits per heavy atom. The van der Waals surface area contributed by atoms with Crippen LogP contribution in [0.4, 0.5) is 21.6 Å².